The number of carbonyl (C=O) groups is 1. The van der Waals surface area contributed by atoms with Crippen molar-refractivity contribution in [1.82, 2.24) is 0 Å². The van der Waals surface area contributed by atoms with Crippen LogP contribution in [0.1, 0.15) is 5.56 Å². The minimum atomic E-state index is -0.130. The van der Waals surface area contributed by atoms with Crippen molar-refractivity contribution in [3.8, 4) is 0 Å². The van der Waals surface area contributed by atoms with E-state index in [1.807, 2.05) is 24.3 Å². The van der Waals surface area contributed by atoms with Crippen LogP contribution in [0, 0.1) is 0 Å². The van der Waals surface area contributed by atoms with Crippen molar-refractivity contribution >= 4 is 28.9 Å². The average Bonchev–Trinajstić information content (AvgIpc) is 2.46. The van der Waals surface area contributed by atoms with Crippen LogP contribution in [0.5, 0.6) is 0 Å². The molecule has 110 valence electrons. The topological polar surface area (TPSA) is 50.4 Å². The molecule has 0 heterocycles. The molecule has 2 aromatic rings. The van der Waals surface area contributed by atoms with E-state index >= 15 is 0 Å². The highest BCUT2D eigenvalue weighted by molar-refractivity contribution is 6.30. The molecule has 2 aromatic carbocycles. The number of nitrogens with one attached hydrogen (secondary N) is 2. The van der Waals surface area contributed by atoms with Crippen LogP contribution in [-0.2, 0) is 16.1 Å². The predicted octanol–water partition coefficient (Wildman–Crippen LogP) is 3.54. The summed E-state index contributed by atoms with van der Waals surface area (Å²) in [5, 5.41) is 6.45. The summed E-state index contributed by atoms with van der Waals surface area (Å²) >= 11 is 5.87. The Balaban J connectivity index is 1.87. The lowest BCUT2D eigenvalue weighted by Gasteiger charge is -2.09. The summed E-state index contributed by atoms with van der Waals surface area (Å²) in [6.07, 6.45) is 0. The zero-order chi connectivity index (χ0) is 15.1. The number of hydrogen-bond acceptors (Lipinski definition) is 3. The summed E-state index contributed by atoms with van der Waals surface area (Å²) in [6.45, 7) is 0.729. The molecule has 2 rings (SSSR count). The minimum Gasteiger partial charge on any atom is -0.380 e. The predicted molar refractivity (Wildman–Crippen MR) is 85.7 cm³/mol. The van der Waals surface area contributed by atoms with Gasteiger partial charge in [0, 0.05) is 23.5 Å². The normalized spacial score (nSPS) is 10.2. The Hall–Kier alpha value is -2.04. The maximum absolute atomic E-state index is 11.9. The Morgan fingerprint density at radius 3 is 2.67 bits per heavy atom. The van der Waals surface area contributed by atoms with Gasteiger partial charge in [-0.3, -0.25) is 4.79 Å². The van der Waals surface area contributed by atoms with Crippen LogP contribution < -0.4 is 10.6 Å². The fourth-order valence-electron chi connectivity index (χ4n) is 1.89. The summed E-state index contributed by atoms with van der Waals surface area (Å²) in [5.41, 5.74) is 2.62. The SMILES string of the molecule is COCc1cccc(NCC(=O)Nc2cccc(Cl)c2)c1. The van der Waals surface area contributed by atoms with E-state index in [1.54, 1.807) is 31.4 Å². The number of benzene rings is 2. The third-order valence-electron chi connectivity index (χ3n) is 2.80. The minimum absolute atomic E-state index is 0.130. The second-order valence-electron chi connectivity index (χ2n) is 4.55. The van der Waals surface area contributed by atoms with Gasteiger partial charge >= 0.3 is 0 Å². The molecule has 0 aliphatic heterocycles. The monoisotopic (exact) mass is 304 g/mol. The van der Waals surface area contributed by atoms with Crippen LogP contribution in [0.4, 0.5) is 11.4 Å². The number of anilines is 2. The number of ether oxygens (including phenoxy) is 1. The molecule has 0 unspecified atom stereocenters. The van der Waals surface area contributed by atoms with Gasteiger partial charge in [-0.2, -0.15) is 0 Å². The molecule has 4 nitrogen and oxygen atoms in total. The highest BCUT2D eigenvalue weighted by atomic mass is 35.5. The summed E-state index contributed by atoms with van der Waals surface area (Å²) in [6, 6.07) is 14.8. The fourth-order valence-corrected chi connectivity index (χ4v) is 2.08. The van der Waals surface area contributed by atoms with Gasteiger partial charge in [0.2, 0.25) is 5.91 Å². The number of carbonyl (C=O) groups excluding carboxylic acids is 1. The summed E-state index contributed by atoms with van der Waals surface area (Å²) in [7, 11) is 1.65. The zero-order valence-electron chi connectivity index (χ0n) is 11.7. The lowest BCUT2D eigenvalue weighted by molar-refractivity contribution is -0.114. The molecule has 0 bridgehead atoms. The van der Waals surface area contributed by atoms with Gasteiger partial charge in [0.15, 0.2) is 0 Å². The van der Waals surface area contributed by atoms with Gasteiger partial charge in [0.25, 0.3) is 0 Å². The van der Waals surface area contributed by atoms with Gasteiger partial charge < -0.3 is 15.4 Å². The largest absolute Gasteiger partial charge is 0.380 e. The molecule has 5 heteroatoms. The molecule has 0 spiro atoms. The maximum Gasteiger partial charge on any atom is 0.243 e. The molecule has 0 aromatic heterocycles. The highest BCUT2D eigenvalue weighted by Gasteiger charge is 2.03. The standard InChI is InChI=1S/C16H17ClN2O2/c1-21-11-12-4-2-6-14(8-12)18-10-16(20)19-15-7-3-5-13(17)9-15/h2-9,18H,10-11H2,1H3,(H,19,20). The molecular formula is C16H17ClN2O2. The van der Waals surface area contributed by atoms with Crippen molar-refractivity contribution in [1.29, 1.82) is 0 Å². The molecular weight excluding hydrogens is 288 g/mol. The number of halogens is 1. The summed E-state index contributed by atoms with van der Waals surface area (Å²) < 4.78 is 5.08. The Morgan fingerprint density at radius 1 is 1.14 bits per heavy atom. The molecule has 0 radical (unpaired) electrons. The van der Waals surface area contributed by atoms with E-state index in [0.29, 0.717) is 17.3 Å². The molecule has 0 atom stereocenters. The molecule has 0 saturated carbocycles. The van der Waals surface area contributed by atoms with E-state index in [9.17, 15) is 4.79 Å². The van der Waals surface area contributed by atoms with Crippen LogP contribution in [0.2, 0.25) is 5.02 Å². The number of methoxy groups -OCH3 is 1. The van der Waals surface area contributed by atoms with Gasteiger partial charge in [0.1, 0.15) is 0 Å². The van der Waals surface area contributed by atoms with Crippen molar-refractivity contribution in [2.24, 2.45) is 0 Å². The third kappa shape index (κ3) is 5.10. The molecule has 2 N–H and O–H groups in total. The maximum atomic E-state index is 11.9. The van der Waals surface area contributed by atoms with Crippen molar-refractivity contribution < 1.29 is 9.53 Å². The van der Waals surface area contributed by atoms with Crippen molar-refractivity contribution in [3.05, 3.63) is 59.1 Å². The lowest BCUT2D eigenvalue weighted by Crippen LogP contribution is -2.21. The second kappa shape index (κ2) is 7.67. The van der Waals surface area contributed by atoms with Crippen LogP contribution in [0.15, 0.2) is 48.5 Å². The van der Waals surface area contributed by atoms with Gasteiger partial charge in [-0.05, 0) is 35.9 Å². The highest BCUT2D eigenvalue weighted by Crippen LogP contribution is 2.15. The van der Waals surface area contributed by atoms with Gasteiger partial charge in [-0.15, -0.1) is 0 Å². The van der Waals surface area contributed by atoms with Crippen molar-refractivity contribution in [3.63, 3.8) is 0 Å². The van der Waals surface area contributed by atoms with Gasteiger partial charge in [-0.25, -0.2) is 0 Å². The molecule has 0 saturated heterocycles. The quantitative estimate of drug-likeness (QED) is 0.858. The smallest absolute Gasteiger partial charge is 0.243 e. The van der Waals surface area contributed by atoms with Crippen LogP contribution >= 0.6 is 11.6 Å². The van der Waals surface area contributed by atoms with E-state index in [2.05, 4.69) is 10.6 Å². The van der Waals surface area contributed by atoms with E-state index < -0.39 is 0 Å². The van der Waals surface area contributed by atoms with E-state index in [1.165, 1.54) is 0 Å². The zero-order valence-corrected chi connectivity index (χ0v) is 12.5. The number of amides is 1. The van der Waals surface area contributed by atoms with E-state index in [0.717, 1.165) is 11.3 Å². The van der Waals surface area contributed by atoms with E-state index in [4.69, 9.17) is 16.3 Å². The van der Waals surface area contributed by atoms with Crippen molar-refractivity contribution in [2.75, 3.05) is 24.3 Å². The first-order valence-electron chi connectivity index (χ1n) is 6.54. The van der Waals surface area contributed by atoms with Crippen molar-refractivity contribution in [2.45, 2.75) is 6.61 Å². The van der Waals surface area contributed by atoms with Crippen LogP contribution in [0.25, 0.3) is 0 Å². The Bertz CT molecular complexity index is 617. The molecule has 1 amide bonds. The molecule has 0 aliphatic carbocycles. The Morgan fingerprint density at radius 2 is 1.90 bits per heavy atom. The Kier molecular flexibility index (Phi) is 5.60. The summed E-state index contributed by atoms with van der Waals surface area (Å²) in [4.78, 5) is 11.9. The van der Waals surface area contributed by atoms with Crippen LogP contribution in [-0.4, -0.2) is 19.6 Å². The molecule has 21 heavy (non-hydrogen) atoms. The van der Waals surface area contributed by atoms with Crippen LogP contribution in [0.3, 0.4) is 0 Å². The number of hydrogen-bond donors (Lipinski definition) is 2. The average molecular weight is 305 g/mol. The third-order valence-corrected chi connectivity index (χ3v) is 3.03. The summed E-state index contributed by atoms with van der Waals surface area (Å²) in [5.74, 6) is -0.130. The number of rotatable bonds is 6. The first-order valence-corrected chi connectivity index (χ1v) is 6.92. The van der Waals surface area contributed by atoms with Gasteiger partial charge in [-0.1, -0.05) is 29.8 Å². The molecule has 0 fully saturated rings. The fraction of sp³-hybridized carbons (Fsp3) is 0.188. The lowest BCUT2D eigenvalue weighted by atomic mass is 10.2. The van der Waals surface area contributed by atoms with E-state index in [-0.39, 0.29) is 12.5 Å². The Labute approximate surface area is 129 Å². The second-order valence-corrected chi connectivity index (χ2v) is 4.98. The molecule has 0 aliphatic rings. The first-order chi connectivity index (χ1) is 10.2. The first kappa shape index (κ1) is 15.4. The van der Waals surface area contributed by atoms with Gasteiger partial charge in [0.05, 0.1) is 13.2 Å².